The van der Waals surface area contributed by atoms with Gasteiger partial charge in [-0.3, -0.25) is 4.79 Å². The average Bonchev–Trinajstić information content (AvgIpc) is 3.27. The molecule has 1 aliphatic carbocycles. The van der Waals surface area contributed by atoms with Gasteiger partial charge >= 0.3 is 0 Å². The van der Waals surface area contributed by atoms with E-state index in [2.05, 4.69) is 11.4 Å². The quantitative estimate of drug-likeness (QED) is 0.823. The van der Waals surface area contributed by atoms with E-state index in [-0.39, 0.29) is 17.9 Å². The van der Waals surface area contributed by atoms with Gasteiger partial charge in [0, 0.05) is 24.4 Å². The maximum atomic E-state index is 12.5. The lowest BCUT2D eigenvalue weighted by Gasteiger charge is -2.23. The van der Waals surface area contributed by atoms with Gasteiger partial charge in [0.2, 0.25) is 5.91 Å². The second kappa shape index (κ2) is 8.10. The summed E-state index contributed by atoms with van der Waals surface area (Å²) in [5, 5.41) is 12.7. The van der Waals surface area contributed by atoms with Crippen LogP contribution in [-0.4, -0.2) is 38.4 Å². The molecule has 5 rings (SSSR count). The third kappa shape index (κ3) is 3.79. The molecular formula is C24H24N2O4. The molecule has 2 heterocycles. The van der Waals surface area contributed by atoms with Crippen LogP contribution in [0.2, 0.25) is 0 Å². The number of hydrogen-bond donors (Lipinski definition) is 1. The molecule has 6 heteroatoms. The Hall–Kier alpha value is -2.88. The van der Waals surface area contributed by atoms with Crippen LogP contribution in [-0.2, 0) is 14.3 Å². The first-order valence-corrected chi connectivity index (χ1v) is 10.5. The monoisotopic (exact) mass is 404 g/mol. The smallest absolute Gasteiger partial charge is 0.228 e. The van der Waals surface area contributed by atoms with Gasteiger partial charge < -0.3 is 19.5 Å². The number of rotatable bonds is 5. The van der Waals surface area contributed by atoms with Crippen molar-refractivity contribution < 1.29 is 19.0 Å². The van der Waals surface area contributed by atoms with Gasteiger partial charge in [-0.1, -0.05) is 18.2 Å². The molecule has 0 bridgehead atoms. The molecule has 0 spiro atoms. The van der Waals surface area contributed by atoms with Gasteiger partial charge in [-0.25, -0.2) is 0 Å². The zero-order chi connectivity index (χ0) is 20.5. The lowest BCUT2D eigenvalue weighted by Crippen LogP contribution is -2.26. The van der Waals surface area contributed by atoms with Crippen molar-refractivity contribution >= 4 is 11.6 Å². The van der Waals surface area contributed by atoms with E-state index < -0.39 is 0 Å². The number of hydrogen-bond acceptors (Lipinski definition) is 5. The van der Waals surface area contributed by atoms with Crippen molar-refractivity contribution in [3.63, 3.8) is 0 Å². The van der Waals surface area contributed by atoms with E-state index in [1.165, 1.54) is 0 Å². The summed E-state index contributed by atoms with van der Waals surface area (Å²) in [4.78, 5) is 12.5. The van der Waals surface area contributed by atoms with Gasteiger partial charge in [-0.05, 0) is 47.2 Å². The number of anilines is 1. The summed E-state index contributed by atoms with van der Waals surface area (Å²) in [5.41, 5.74) is 3.14. The number of ether oxygens (including phenoxy) is 3. The van der Waals surface area contributed by atoms with Crippen LogP contribution in [0, 0.1) is 29.1 Å². The SMILES string of the molecule is N#Cc1cc(-c2cccc(NC(=O)C3[C@H]4COC[C@@H]34)c2)ccc1OC1CCOCC1. The second-order valence-electron chi connectivity index (χ2n) is 8.21. The summed E-state index contributed by atoms with van der Waals surface area (Å²) in [6, 6.07) is 15.6. The normalized spacial score (nSPS) is 25.2. The van der Waals surface area contributed by atoms with Gasteiger partial charge in [-0.15, -0.1) is 0 Å². The Morgan fingerprint density at radius 2 is 1.80 bits per heavy atom. The number of nitrogens with zero attached hydrogens (tertiary/aromatic N) is 1. The number of carbonyl (C=O) groups excluding carboxylic acids is 1. The minimum Gasteiger partial charge on any atom is -0.489 e. The Kier molecular flexibility index (Phi) is 5.16. The standard InChI is InChI=1S/C24H24N2O4/c25-12-17-10-16(4-5-22(17)30-19-6-8-28-9-7-19)15-2-1-3-18(11-15)26-24(27)23-20-13-29-14-21(20)23/h1-5,10-11,19-21,23H,6-9,13-14H2,(H,26,27)/t20-,21+,23?. The van der Waals surface area contributed by atoms with Crippen LogP contribution in [0.1, 0.15) is 18.4 Å². The third-order valence-electron chi connectivity index (χ3n) is 6.28. The Morgan fingerprint density at radius 3 is 2.57 bits per heavy atom. The summed E-state index contributed by atoms with van der Waals surface area (Å²) < 4.78 is 16.8. The fraction of sp³-hybridized carbons (Fsp3) is 0.417. The predicted octanol–water partition coefficient (Wildman–Crippen LogP) is 3.61. The van der Waals surface area contributed by atoms with E-state index in [1.54, 1.807) is 0 Å². The average molecular weight is 404 g/mol. The van der Waals surface area contributed by atoms with Gasteiger partial charge in [-0.2, -0.15) is 5.26 Å². The molecule has 1 N–H and O–H groups in total. The Morgan fingerprint density at radius 1 is 1.03 bits per heavy atom. The van der Waals surface area contributed by atoms with Crippen molar-refractivity contribution in [2.45, 2.75) is 18.9 Å². The summed E-state index contributed by atoms with van der Waals surface area (Å²) in [6.07, 6.45) is 1.76. The summed E-state index contributed by atoms with van der Waals surface area (Å²) in [7, 11) is 0. The molecular weight excluding hydrogens is 380 g/mol. The molecule has 30 heavy (non-hydrogen) atoms. The molecule has 2 aromatic rings. The first kappa shape index (κ1) is 19.1. The van der Waals surface area contributed by atoms with Gasteiger partial charge in [0.15, 0.2) is 0 Å². The molecule has 6 nitrogen and oxygen atoms in total. The third-order valence-corrected chi connectivity index (χ3v) is 6.28. The molecule has 3 atom stereocenters. The number of fused-ring (bicyclic) bond motifs is 1. The van der Waals surface area contributed by atoms with Crippen LogP contribution >= 0.6 is 0 Å². The summed E-state index contributed by atoms with van der Waals surface area (Å²) in [5.74, 6) is 1.53. The fourth-order valence-electron chi connectivity index (χ4n) is 4.50. The maximum absolute atomic E-state index is 12.5. The van der Waals surface area contributed by atoms with Crippen LogP contribution in [0.3, 0.4) is 0 Å². The van der Waals surface area contributed by atoms with Crippen LogP contribution < -0.4 is 10.1 Å². The molecule has 0 radical (unpaired) electrons. The van der Waals surface area contributed by atoms with Crippen molar-refractivity contribution in [3.05, 3.63) is 48.0 Å². The Labute approximate surface area is 175 Å². The van der Waals surface area contributed by atoms with E-state index in [0.717, 1.165) is 29.7 Å². The minimum atomic E-state index is 0.0726. The van der Waals surface area contributed by atoms with Crippen LogP contribution in [0.15, 0.2) is 42.5 Å². The molecule has 154 valence electrons. The highest BCUT2D eigenvalue weighted by Crippen LogP contribution is 2.51. The lowest BCUT2D eigenvalue weighted by atomic mass is 10.0. The maximum Gasteiger partial charge on any atom is 0.228 e. The number of nitrogens with one attached hydrogen (secondary N) is 1. The molecule has 1 unspecified atom stereocenters. The first-order chi connectivity index (χ1) is 14.7. The molecule has 2 aromatic carbocycles. The Balaban J connectivity index is 1.30. The highest BCUT2D eigenvalue weighted by molar-refractivity contribution is 5.95. The van der Waals surface area contributed by atoms with E-state index in [1.807, 2.05) is 42.5 Å². The van der Waals surface area contributed by atoms with E-state index in [9.17, 15) is 10.1 Å². The zero-order valence-electron chi connectivity index (χ0n) is 16.7. The molecule has 0 aromatic heterocycles. The number of benzene rings is 2. The molecule has 2 aliphatic heterocycles. The highest BCUT2D eigenvalue weighted by atomic mass is 16.5. The van der Waals surface area contributed by atoms with Crippen LogP contribution in [0.5, 0.6) is 5.75 Å². The first-order valence-electron chi connectivity index (χ1n) is 10.5. The molecule has 3 fully saturated rings. The van der Waals surface area contributed by atoms with Crippen molar-refractivity contribution in [1.82, 2.24) is 0 Å². The van der Waals surface area contributed by atoms with E-state index in [4.69, 9.17) is 14.2 Å². The molecule has 1 amide bonds. The molecule has 1 saturated carbocycles. The van der Waals surface area contributed by atoms with E-state index >= 15 is 0 Å². The largest absolute Gasteiger partial charge is 0.489 e. The van der Waals surface area contributed by atoms with Crippen molar-refractivity contribution in [2.75, 3.05) is 31.7 Å². The summed E-state index contributed by atoms with van der Waals surface area (Å²) >= 11 is 0. The molecule has 3 aliphatic rings. The van der Waals surface area contributed by atoms with Gasteiger partial charge in [0.1, 0.15) is 17.9 Å². The minimum absolute atomic E-state index is 0.0726. The van der Waals surface area contributed by atoms with Gasteiger partial charge in [0.05, 0.1) is 32.0 Å². The second-order valence-corrected chi connectivity index (χ2v) is 8.21. The van der Waals surface area contributed by atoms with Gasteiger partial charge in [0.25, 0.3) is 0 Å². The van der Waals surface area contributed by atoms with Crippen LogP contribution in [0.4, 0.5) is 5.69 Å². The Bertz CT molecular complexity index is 983. The fourth-order valence-corrected chi connectivity index (χ4v) is 4.50. The summed E-state index contributed by atoms with van der Waals surface area (Å²) in [6.45, 7) is 2.78. The van der Waals surface area contributed by atoms with Crippen molar-refractivity contribution in [2.24, 2.45) is 17.8 Å². The lowest BCUT2D eigenvalue weighted by molar-refractivity contribution is -0.118. The predicted molar refractivity (Wildman–Crippen MR) is 111 cm³/mol. The number of carbonyl (C=O) groups is 1. The van der Waals surface area contributed by atoms with E-state index in [0.29, 0.717) is 49.6 Å². The van der Waals surface area contributed by atoms with Crippen molar-refractivity contribution in [3.8, 4) is 22.9 Å². The zero-order valence-corrected chi connectivity index (χ0v) is 16.7. The van der Waals surface area contributed by atoms with Crippen molar-refractivity contribution in [1.29, 1.82) is 5.26 Å². The number of nitriles is 1. The van der Waals surface area contributed by atoms with Crippen LogP contribution in [0.25, 0.3) is 11.1 Å². The topological polar surface area (TPSA) is 80.6 Å². The highest BCUT2D eigenvalue weighted by Gasteiger charge is 2.57. The number of amides is 1. The molecule has 2 saturated heterocycles.